The Hall–Kier alpha value is -4.33. The molecule has 0 aliphatic carbocycles. The van der Waals surface area contributed by atoms with Crippen molar-refractivity contribution in [3.05, 3.63) is 70.0 Å². The van der Waals surface area contributed by atoms with E-state index in [4.69, 9.17) is 4.63 Å². The molecule has 0 aliphatic heterocycles. The minimum absolute atomic E-state index is 0.0124. The summed E-state index contributed by atoms with van der Waals surface area (Å²) in [5.74, 6) is -1.82. The molecule has 0 aliphatic rings. The number of aromatic nitrogens is 4. The number of carboxylic acid groups (broad SMARTS) is 1. The fraction of sp³-hybridized carbons (Fsp3) is 0.407. The number of aryl methyl sites for hydroxylation is 1. The van der Waals surface area contributed by atoms with Gasteiger partial charge in [-0.2, -0.15) is 0 Å². The number of carbonyl (C=O) groups excluding carboxylic acids is 3. The van der Waals surface area contributed by atoms with Crippen molar-refractivity contribution in [1.29, 1.82) is 0 Å². The van der Waals surface area contributed by atoms with Crippen molar-refractivity contribution in [2.24, 2.45) is 0 Å². The first kappa shape index (κ1) is 31.2. The summed E-state index contributed by atoms with van der Waals surface area (Å²) in [6.45, 7) is 3.20. The molecule has 0 fully saturated rings. The molecule has 0 saturated carbocycles. The van der Waals surface area contributed by atoms with Crippen LogP contribution in [0, 0.1) is 0 Å². The number of amides is 1. The van der Waals surface area contributed by atoms with E-state index in [0.717, 1.165) is 5.56 Å². The Balaban J connectivity index is 1.68. The molecular weight excluding hydrogens is 552 g/mol. The zero-order valence-electron chi connectivity index (χ0n) is 22.7. The molecular formula is C27H32N6O7S. The lowest BCUT2D eigenvalue weighted by Gasteiger charge is -2.22. The average Bonchev–Trinajstić information content (AvgIpc) is 3.40. The van der Waals surface area contributed by atoms with E-state index >= 15 is 0 Å². The number of ketones is 2. The number of carboxylic acids is 1. The zero-order chi connectivity index (χ0) is 29.8. The molecule has 2 atom stereocenters. The molecule has 218 valence electrons. The first-order chi connectivity index (χ1) is 19.7. The van der Waals surface area contributed by atoms with Gasteiger partial charge in [0.15, 0.2) is 11.6 Å². The number of benzene rings is 1. The molecule has 14 heteroatoms. The molecule has 0 saturated heterocycles. The van der Waals surface area contributed by atoms with Crippen molar-refractivity contribution in [2.75, 3.05) is 11.1 Å². The maximum Gasteiger partial charge on any atom is 0.305 e. The van der Waals surface area contributed by atoms with Gasteiger partial charge in [-0.1, -0.05) is 47.6 Å². The van der Waals surface area contributed by atoms with E-state index in [1.54, 1.807) is 6.92 Å². The average molecular weight is 585 g/mol. The molecule has 2 heterocycles. The lowest BCUT2D eigenvalue weighted by atomic mass is 10.1. The number of Topliss-reactive ketones (excluding diaryl/α,β-unsaturated/α-hetero) is 2. The van der Waals surface area contributed by atoms with Crippen molar-refractivity contribution in [2.45, 2.75) is 63.9 Å². The van der Waals surface area contributed by atoms with Crippen LogP contribution < -0.4 is 16.2 Å². The van der Waals surface area contributed by atoms with Crippen molar-refractivity contribution < 1.29 is 28.9 Å². The molecule has 3 rings (SSSR count). The van der Waals surface area contributed by atoms with Gasteiger partial charge in [0, 0.05) is 31.0 Å². The molecule has 0 bridgehead atoms. The third kappa shape index (κ3) is 9.38. The van der Waals surface area contributed by atoms with Crippen molar-refractivity contribution in [3.63, 3.8) is 0 Å². The van der Waals surface area contributed by atoms with Crippen LogP contribution >= 0.6 is 11.8 Å². The number of nitrogens with one attached hydrogen (secondary N) is 2. The smallest absolute Gasteiger partial charge is 0.305 e. The highest BCUT2D eigenvalue weighted by Crippen LogP contribution is 2.15. The van der Waals surface area contributed by atoms with Crippen molar-refractivity contribution in [3.8, 4) is 0 Å². The maximum atomic E-state index is 13.2. The van der Waals surface area contributed by atoms with Gasteiger partial charge in [0.2, 0.25) is 5.91 Å². The fourth-order valence-electron chi connectivity index (χ4n) is 3.94. The Bertz CT molecular complexity index is 1410. The van der Waals surface area contributed by atoms with Crippen LogP contribution in [0.1, 0.15) is 56.1 Å². The zero-order valence-corrected chi connectivity index (χ0v) is 23.6. The number of thioether (sulfide) groups is 1. The Morgan fingerprint density at radius 1 is 1.12 bits per heavy atom. The van der Waals surface area contributed by atoms with Crippen LogP contribution in [0.2, 0.25) is 0 Å². The number of anilines is 1. The van der Waals surface area contributed by atoms with Gasteiger partial charge in [0.05, 0.1) is 24.8 Å². The Kier molecular flexibility index (Phi) is 11.8. The topological polar surface area (TPSA) is 186 Å². The summed E-state index contributed by atoms with van der Waals surface area (Å²) in [6, 6.07) is 7.23. The second kappa shape index (κ2) is 15.5. The molecule has 3 N–H and O–H groups in total. The Morgan fingerprint density at radius 3 is 2.54 bits per heavy atom. The third-order valence-corrected chi connectivity index (χ3v) is 7.13. The minimum atomic E-state index is -1.25. The van der Waals surface area contributed by atoms with Gasteiger partial charge in [-0.25, -0.2) is 9.61 Å². The van der Waals surface area contributed by atoms with Crippen LogP contribution in [0.15, 0.2) is 52.1 Å². The highest BCUT2D eigenvalue weighted by atomic mass is 32.2. The lowest BCUT2D eigenvalue weighted by Crippen LogP contribution is -2.47. The molecule has 1 amide bonds. The molecule has 3 aromatic rings. The maximum absolute atomic E-state index is 13.2. The summed E-state index contributed by atoms with van der Waals surface area (Å²) in [5, 5.41) is 22.4. The summed E-state index contributed by atoms with van der Waals surface area (Å²) < 4.78 is 5.93. The molecule has 13 nitrogen and oxygen atoms in total. The van der Waals surface area contributed by atoms with Crippen LogP contribution in [0.4, 0.5) is 5.82 Å². The van der Waals surface area contributed by atoms with E-state index in [-0.39, 0.29) is 36.7 Å². The first-order valence-electron chi connectivity index (χ1n) is 13.0. The summed E-state index contributed by atoms with van der Waals surface area (Å²) in [4.78, 5) is 66.1. The molecule has 1 aromatic carbocycles. The van der Waals surface area contributed by atoms with Gasteiger partial charge in [0.25, 0.3) is 5.56 Å². The van der Waals surface area contributed by atoms with E-state index in [0.29, 0.717) is 23.6 Å². The highest BCUT2D eigenvalue weighted by molar-refractivity contribution is 7.99. The van der Waals surface area contributed by atoms with Crippen LogP contribution in [-0.4, -0.2) is 60.2 Å². The Morgan fingerprint density at radius 2 is 1.85 bits per heavy atom. The number of nitrogens with zero attached hydrogens (tertiary/aromatic N) is 4. The summed E-state index contributed by atoms with van der Waals surface area (Å²) in [7, 11) is 0. The highest BCUT2D eigenvalue weighted by Gasteiger charge is 2.28. The van der Waals surface area contributed by atoms with Crippen LogP contribution in [-0.2, 0) is 37.9 Å². The van der Waals surface area contributed by atoms with Crippen LogP contribution in [0.25, 0.3) is 0 Å². The number of aliphatic carboxylic acids is 1. The lowest BCUT2D eigenvalue weighted by molar-refractivity contribution is -0.140. The standard InChI is InChI=1S/C27H32N6O7S/c1-3-22(26(38)30-20(13-24(36)37)23(35)16-41-15-18-7-5-4-6-8-18)33-12-11-28-25(27(33)39)29-14-21-19(31-40-32-21)10-9-17(2)34/h4-8,11-12,20,22H,3,9-10,13-16H2,1-2H3,(H,28,29)(H,30,38)(H,36,37)/t20-,22?/m0/s1. The second-order valence-corrected chi connectivity index (χ2v) is 10.2. The third-order valence-electron chi connectivity index (χ3n) is 6.11. The summed E-state index contributed by atoms with van der Waals surface area (Å²) in [6.07, 6.45) is 2.90. The fourth-order valence-corrected chi connectivity index (χ4v) is 4.88. The van der Waals surface area contributed by atoms with Gasteiger partial charge in [-0.05, 0) is 18.9 Å². The largest absolute Gasteiger partial charge is 0.481 e. The summed E-state index contributed by atoms with van der Waals surface area (Å²) in [5.41, 5.74) is 1.30. The number of rotatable bonds is 17. The Labute approximate surface area is 240 Å². The number of hydrogen-bond acceptors (Lipinski definition) is 11. The van der Waals surface area contributed by atoms with E-state index in [2.05, 4.69) is 25.9 Å². The SMILES string of the molecule is CCC(C(=O)N[C@@H](CC(=O)O)C(=O)CSCc1ccccc1)n1ccnc(NCc2nonc2CCC(C)=O)c1=O. The van der Waals surface area contributed by atoms with E-state index < -0.39 is 41.7 Å². The molecule has 2 aromatic heterocycles. The second-order valence-electron chi connectivity index (χ2n) is 9.23. The predicted molar refractivity (Wildman–Crippen MR) is 150 cm³/mol. The number of carbonyl (C=O) groups is 4. The summed E-state index contributed by atoms with van der Waals surface area (Å²) >= 11 is 1.32. The van der Waals surface area contributed by atoms with Gasteiger partial charge >= 0.3 is 5.97 Å². The van der Waals surface area contributed by atoms with E-state index in [1.165, 1.54) is 35.6 Å². The molecule has 0 spiro atoms. The van der Waals surface area contributed by atoms with E-state index in [1.807, 2.05) is 30.3 Å². The molecule has 41 heavy (non-hydrogen) atoms. The van der Waals surface area contributed by atoms with Crippen LogP contribution in [0.5, 0.6) is 0 Å². The quantitative estimate of drug-likeness (QED) is 0.210. The first-order valence-corrected chi connectivity index (χ1v) is 14.1. The van der Waals surface area contributed by atoms with Crippen LogP contribution in [0.3, 0.4) is 0 Å². The molecule has 0 radical (unpaired) electrons. The molecule has 1 unspecified atom stereocenters. The van der Waals surface area contributed by atoms with Crippen molar-refractivity contribution in [1.82, 2.24) is 25.2 Å². The van der Waals surface area contributed by atoms with Gasteiger partial charge in [-0.15, -0.1) is 11.8 Å². The normalized spacial score (nSPS) is 12.3. The van der Waals surface area contributed by atoms with Crippen molar-refractivity contribution >= 4 is 41.0 Å². The van der Waals surface area contributed by atoms with E-state index in [9.17, 15) is 29.1 Å². The monoisotopic (exact) mass is 584 g/mol. The number of hydrogen-bond donors (Lipinski definition) is 3. The predicted octanol–water partition coefficient (Wildman–Crippen LogP) is 2.17. The van der Waals surface area contributed by atoms with Gasteiger partial charge in [0.1, 0.15) is 23.2 Å². The van der Waals surface area contributed by atoms with Gasteiger partial charge in [-0.3, -0.25) is 23.7 Å². The minimum Gasteiger partial charge on any atom is -0.481 e. The van der Waals surface area contributed by atoms with Gasteiger partial charge < -0.3 is 20.5 Å².